The fourth-order valence-electron chi connectivity index (χ4n) is 8.72. The Morgan fingerprint density at radius 3 is 2.11 bits per heavy atom. The Morgan fingerprint density at radius 2 is 1.48 bits per heavy atom. The maximum Gasteiger partial charge on any atom is 0.255 e. The molecular weight excluding hydrogens is 591 g/mol. The molecule has 6 nitrogen and oxygen atoms in total. The fraction of sp³-hybridized carbons (Fsp3) is 0.513. The van der Waals surface area contributed by atoms with Crippen LogP contribution in [0.2, 0.25) is 0 Å². The van der Waals surface area contributed by atoms with Crippen LogP contribution in [0.4, 0.5) is 5.69 Å². The second-order valence-corrected chi connectivity index (χ2v) is 15.3. The Morgan fingerprint density at radius 1 is 0.826 bits per heavy atom. The van der Waals surface area contributed by atoms with Gasteiger partial charge in [-0.15, -0.1) is 0 Å². The van der Waals surface area contributed by atoms with Crippen LogP contribution in [-0.4, -0.2) is 58.4 Å². The molecule has 2 heterocycles. The highest BCUT2D eigenvalue weighted by Crippen LogP contribution is 2.46. The minimum atomic E-state index is -1.56. The van der Waals surface area contributed by atoms with Crippen molar-refractivity contribution in [3.63, 3.8) is 0 Å². The van der Waals surface area contributed by atoms with E-state index in [4.69, 9.17) is 4.74 Å². The van der Waals surface area contributed by atoms with Gasteiger partial charge >= 0.3 is 0 Å². The van der Waals surface area contributed by atoms with Crippen molar-refractivity contribution in [3.05, 3.63) is 83.4 Å². The van der Waals surface area contributed by atoms with Crippen molar-refractivity contribution in [2.45, 2.75) is 118 Å². The van der Waals surface area contributed by atoms with Crippen LogP contribution in [0.3, 0.4) is 0 Å². The molecule has 3 aromatic carbocycles. The van der Waals surface area contributed by atoms with Crippen molar-refractivity contribution in [2.75, 3.05) is 25.2 Å². The SMILES string of the molecule is COc1cc(C2[C@H]3CCCN3CN2c2ccccc2)c(C(=O)N(C2CCCCC2)C2CCCCC2)c(S(=O)c2ccc(C)cc2)c1. The first-order chi connectivity index (χ1) is 22.5. The third kappa shape index (κ3) is 6.13. The fourth-order valence-corrected chi connectivity index (χ4v) is 9.97. The van der Waals surface area contributed by atoms with E-state index in [1.165, 1.54) is 38.5 Å². The number of aryl methyl sites for hydroxylation is 1. The number of nitrogens with zero attached hydrogens (tertiary/aromatic N) is 3. The highest BCUT2D eigenvalue weighted by molar-refractivity contribution is 7.85. The van der Waals surface area contributed by atoms with Gasteiger partial charge in [0.15, 0.2) is 0 Å². The zero-order valence-corrected chi connectivity index (χ0v) is 28.4. The van der Waals surface area contributed by atoms with Crippen LogP contribution in [0.1, 0.15) is 105 Å². The van der Waals surface area contributed by atoms with Crippen molar-refractivity contribution >= 4 is 22.4 Å². The molecule has 7 heteroatoms. The number of methoxy groups -OCH3 is 1. The summed E-state index contributed by atoms with van der Waals surface area (Å²) in [5.74, 6) is 0.740. The molecule has 2 unspecified atom stereocenters. The standard InChI is InChI=1S/C39H49N3O3S/c1-28-20-22-33(23-21-28)46(44)36-26-32(45-2)25-34(38-35-19-12-24-40(35)27-41(38)29-13-6-3-7-14-29)37(36)39(43)42(30-15-8-4-9-16-30)31-17-10-5-11-18-31/h3,6-7,13-14,20-23,25-26,30-31,35,38H,4-5,8-12,15-19,24,27H2,1-2H3/t35-,38?,46?/m1/s1. The monoisotopic (exact) mass is 639 g/mol. The zero-order chi connectivity index (χ0) is 31.6. The first-order valence-electron chi connectivity index (χ1n) is 17.6. The Kier molecular flexibility index (Phi) is 9.50. The largest absolute Gasteiger partial charge is 0.497 e. The number of anilines is 1. The van der Waals surface area contributed by atoms with Crippen LogP contribution < -0.4 is 9.64 Å². The lowest BCUT2D eigenvalue weighted by Gasteiger charge is -2.43. The van der Waals surface area contributed by atoms with Gasteiger partial charge in [0, 0.05) is 35.3 Å². The Labute approximate surface area is 277 Å². The number of rotatable bonds is 8. The van der Waals surface area contributed by atoms with Crippen molar-refractivity contribution < 1.29 is 13.7 Å². The number of ether oxygens (including phenoxy) is 1. The molecule has 0 aromatic heterocycles. The van der Waals surface area contributed by atoms with Gasteiger partial charge in [-0.25, -0.2) is 4.21 Å². The second-order valence-electron chi connectivity index (χ2n) is 13.9. The van der Waals surface area contributed by atoms with Gasteiger partial charge in [-0.1, -0.05) is 74.4 Å². The lowest BCUT2D eigenvalue weighted by molar-refractivity contribution is 0.0443. The van der Waals surface area contributed by atoms with Crippen molar-refractivity contribution in [1.29, 1.82) is 0 Å². The number of fused-ring (bicyclic) bond motifs is 1. The average Bonchev–Trinajstić information content (AvgIpc) is 3.71. The molecule has 4 aliphatic rings. The van der Waals surface area contributed by atoms with Crippen LogP contribution >= 0.6 is 0 Å². The second kappa shape index (κ2) is 13.9. The first-order valence-corrected chi connectivity index (χ1v) is 18.8. The summed E-state index contributed by atoms with van der Waals surface area (Å²) in [6, 6.07) is 23.2. The van der Waals surface area contributed by atoms with E-state index in [2.05, 4.69) is 51.1 Å². The van der Waals surface area contributed by atoms with E-state index in [1.807, 2.05) is 37.3 Å². The number of amides is 1. The summed E-state index contributed by atoms with van der Waals surface area (Å²) in [5, 5.41) is 0. The average molecular weight is 640 g/mol. The van der Waals surface area contributed by atoms with E-state index in [9.17, 15) is 4.21 Å². The molecule has 2 aliphatic heterocycles. The zero-order valence-electron chi connectivity index (χ0n) is 27.5. The molecule has 1 amide bonds. The van der Waals surface area contributed by atoms with Gasteiger partial charge < -0.3 is 14.5 Å². The number of hydrogen-bond acceptors (Lipinski definition) is 5. The van der Waals surface area contributed by atoms with Crippen LogP contribution in [0.5, 0.6) is 5.75 Å². The van der Waals surface area contributed by atoms with E-state index >= 15 is 4.79 Å². The molecule has 3 atom stereocenters. The van der Waals surface area contributed by atoms with Gasteiger partial charge in [0.05, 0.1) is 41.1 Å². The smallest absolute Gasteiger partial charge is 0.255 e. The number of carbonyl (C=O) groups is 1. The lowest BCUT2D eigenvalue weighted by Crippen LogP contribution is -2.49. The molecule has 0 radical (unpaired) electrons. The van der Waals surface area contributed by atoms with E-state index in [0.29, 0.717) is 16.2 Å². The van der Waals surface area contributed by atoms with Gasteiger partial charge in [0.2, 0.25) is 0 Å². The van der Waals surface area contributed by atoms with Gasteiger partial charge in [0.25, 0.3) is 5.91 Å². The number of hydrogen-bond donors (Lipinski definition) is 0. The van der Waals surface area contributed by atoms with Crippen molar-refractivity contribution in [1.82, 2.24) is 9.80 Å². The predicted octanol–water partition coefficient (Wildman–Crippen LogP) is 8.26. The molecule has 244 valence electrons. The summed E-state index contributed by atoms with van der Waals surface area (Å²) >= 11 is 0. The summed E-state index contributed by atoms with van der Waals surface area (Å²) in [4.78, 5) is 24.2. The molecule has 4 fully saturated rings. The summed E-state index contributed by atoms with van der Waals surface area (Å²) in [6.07, 6.45) is 13.6. The minimum Gasteiger partial charge on any atom is -0.497 e. The summed E-state index contributed by atoms with van der Waals surface area (Å²) in [6.45, 7) is 3.91. The minimum absolute atomic E-state index is 0.0488. The summed E-state index contributed by atoms with van der Waals surface area (Å²) in [5.41, 5.74) is 3.89. The highest BCUT2D eigenvalue weighted by atomic mass is 32.2. The van der Waals surface area contributed by atoms with E-state index in [1.54, 1.807) is 7.11 Å². The Balaban J connectivity index is 1.43. The normalized spacial score (nSPS) is 23.3. The molecule has 2 saturated carbocycles. The molecular formula is C39H49N3O3S. The summed E-state index contributed by atoms with van der Waals surface area (Å²) < 4.78 is 20.7. The third-order valence-corrected chi connectivity index (χ3v) is 12.4. The van der Waals surface area contributed by atoms with E-state index < -0.39 is 10.8 Å². The first kappa shape index (κ1) is 31.4. The third-order valence-electron chi connectivity index (χ3n) is 11.0. The van der Waals surface area contributed by atoms with Crippen LogP contribution in [0.15, 0.2) is 76.5 Å². The predicted molar refractivity (Wildman–Crippen MR) is 185 cm³/mol. The topological polar surface area (TPSA) is 53.1 Å². The van der Waals surface area contributed by atoms with Gasteiger partial charge in [-0.05, 0) is 87.4 Å². The van der Waals surface area contributed by atoms with Gasteiger partial charge in [0.1, 0.15) is 5.75 Å². The summed E-state index contributed by atoms with van der Waals surface area (Å²) in [7, 11) is 0.124. The molecule has 0 N–H and O–H groups in total. The number of para-hydroxylation sites is 1. The number of carbonyl (C=O) groups excluding carboxylic acids is 1. The van der Waals surface area contributed by atoms with Crippen LogP contribution in [0, 0.1) is 6.92 Å². The quantitative estimate of drug-likeness (QED) is 0.248. The molecule has 0 spiro atoms. The molecule has 46 heavy (non-hydrogen) atoms. The maximum absolute atomic E-state index is 15.6. The molecule has 2 aliphatic carbocycles. The maximum atomic E-state index is 15.6. The van der Waals surface area contributed by atoms with Crippen LogP contribution in [0.25, 0.3) is 0 Å². The van der Waals surface area contributed by atoms with E-state index in [0.717, 1.165) is 73.4 Å². The van der Waals surface area contributed by atoms with Gasteiger partial charge in [-0.2, -0.15) is 0 Å². The van der Waals surface area contributed by atoms with Crippen molar-refractivity contribution in [3.8, 4) is 5.75 Å². The van der Waals surface area contributed by atoms with Crippen molar-refractivity contribution in [2.24, 2.45) is 0 Å². The molecule has 3 aromatic rings. The molecule has 7 rings (SSSR count). The Bertz CT molecular complexity index is 1510. The highest BCUT2D eigenvalue weighted by Gasteiger charge is 2.46. The molecule has 0 bridgehead atoms. The Hall–Kier alpha value is -3.16. The van der Waals surface area contributed by atoms with Gasteiger partial charge in [-0.3, -0.25) is 9.69 Å². The number of benzene rings is 3. The van der Waals surface area contributed by atoms with E-state index in [-0.39, 0.29) is 30.1 Å². The molecule has 2 saturated heterocycles. The lowest BCUT2D eigenvalue weighted by atomic mass is 9.86. The van der Waals surface area contributed by atoms with Crippen LogP contribution in [-0.2, 0) is 10.8 Å².